The van der Waals surface area contributed by atoms with E-state index in [1.54, 1.807) is 24.3 Å². The van der Waals surface area contributed by atoms with E-state index in [-0.39, 0.29) is 11.4 Å². The van der Waals surface area contributed by atoms with Crippen LogP contribution in [0.15, 0.2) is 42.5 Å². The normalized spacial score (nSPS) is 10.1. The number of hydrogen-bond acceptors (Lipinski definition) is 3. The first-order valence-corrected chi connectivity index (χ1v) is 5.56. The summed E-state index contributed by atoms with van der Waals surface area (Å²) in [4.78, 5) is 10.5. The molecule has 2 aromatic rings. The van der Waals surface area contributed by atoms with E-state index in [9.17, 15) is 10.1 Å². The van der Waals surface area contributed by atoms with E-state index in [2.05, 4.69) is 0 Å². The number of rotatable bonds is 3. The quantitative estimate of drug-likeness (QED) is 0.604. The van der Waals surface area contributed by atoms with E-state index >= 15 is 0 Å². The predicted molar refractivity (Wildman–Crippen MR) is 69.1 cm³/mol. The maximum atomic E-state index is 10.9. The lowest BCUT2D eigenvalue weighted by molar-refractivity contribution is -0.385. The Kier molecular flexibility index (Phi) is 3.28. The van der Waals surface area contributed by atoms with Gasteiger partial charge in [-0.25, -0.2) is 0 Å². The molecular formula is C14H13NO3. The summed E-state index contributed by atoms with van der Waals surface area (Å²) in [6, 6.07) is 12.3. The first kappa shape index (κ1) is 12.1. The molecule has 0 saturated carbocycles. The van der Waals surface area contributed by atoms with Gasteiger partial charge in [0.05, 0.1) is 4.92 Å². The largest absolute Gasteiger partial charge is 0.450 e. The van der Waals surface area contributed by atoms with Crippen molar-refractivity contribution in [2.75, 3.05) is 0 Å². The Balaban J connectivity index is 2.34. The number of aryl methyl sites for hydroxylation is 2. The van der Waals surface area contributed by atoms with Crippen molar-refractivity contribution in [1.29, 1.82) is 0 Å². The van der Waals surface area contributed by atoms with E-state index in [1.165, 1.54) is 6.07 Å². The lowest BCUT2D eigenvalue weighted by Gasteiger charge is -2.07. The monoisotopic (exact) mass is 243 g/mol. The van der Waals surface area contributed by atoms with Crippen LogP contribution in [0.2, 0.25) is 0 Å². The molecule has 0 heterocycles. The van der Waals surface area contributed by atoms with E-state index in [4.69, 9.17) is 4.74 Å². The molecule has 0 amide bonds. The molecule has 0 aliphatic rings. The van der Waals surface area contributed by atoms with Gasteiger partial charge in [0.1, 0.15) is 5.75 Å². The Morgan fingerprint density at radius 3 is 2.22 bits per heavy atom. The highest BCUT2D eigenvalue weighted by Crippen LogP contribution is 2.31. The van der Waals surface area contributed by atoms with Crippen LogP contribution in [0.5, 0.6) is 11.5 Å². The Hall–Kier alpha value is -2.36. The third-order valence-corrected chi connectivity index (χ3v) is 2.56. The molecule has 0 N–H and O–H groups in total. The van der Waals surface area contributed by atoms with Gasteiger partial charge in [-0.3, -0.25) is 10.1 Å². The van der Waals surface area contributed by atoms with Crippen molar-refractivity contribution in [3.8, 4) is 11.5 Å². The summed E-state index contributed by atoms with van der Waals surface area (Å²) in [5.41, 5.74) is 1.93. The maximum absolute atomic E-state index is 10.9. The van der Waals surface area contributed by atoms with Crippen LogP contribution >= 0.6 is 0 Å². The number of nitro groups is 1. The Morgan fingerprint density at radius 2 is 1.61 bits per heavy atom. The van der Waals surface area contributed by atoms with Crippen LogP contribution in [0.4, 0.5) is 5.69 Å². The molecule has 0 unspecified atom stereocenters. The Morgan fingerprint density at radius 1 is 1.00 bits per heavy atom. The number of nitro benzene ring substituents is 1. The van der Waals surface area contributed by atoms with Gasteiger partial charge in [-0.1, -0.05) is 23.8 Å². The van der Waals surface area contributed by atoms with E-state index in [1.807, 2.05) is 26.0 Å². The summed E-state index contributed by atoms with van der Waals surface area (Å²) in [7, 11) is 0. The third kappa shape index (κ3) is 2.66. The van der Waals surface area contributed by atoms with E-state index < -0.39 is 4.92 Å². The Bertz CT molecular complexity index is 576. The van der Waals surface area contributed by atoms with Crippen molar-refractivity contribution in [2.45, 2.75) is 13.8 Å². The van der Waals surface area contributed by atoms with Crippen LogP contribution in [0.3, 0.4) is 0 Å². The minimum atomic E-state index is -0.434. The van der Waals surface area contributed by atoms with Gasteiger partial charge in [-0.05, 0) is 37.6 Å². The fraction of sp³-hybridized carbons (Fsp3) is 0.143. The van der Waals surface area contributed by atoms with Crippen molar-refractivity contribution < 1.29 is 9.66 Å². The summed E-state index contributed by atoms with van der Waals surface area (Å²) in [5, 5.41) is 10.9. The fourth-order valence-electron chi connectivity index (χ4n) is 1.59. The van der Waals surface area contributed by atoms with Gasteiger partial charge in [0, 0.05) is 6.07 Å². The second-order valence-corrected chi connectivity index (χ2v) is 4.14. The van der Waals surface area contributed by atoms with Gasteiger partial charge in [0.25, 0.3) is 0 Å². The van der Waals surface area contributed by atoms with E-state index in [0.717, 1.165) is 11.1 Å². The van der Waals surface area contributed by atoms with Crippen molar-refractivity contribution >= 4 is 5.69 Å². The summed E-state index contributed by atoms with van der Waals surface area (Å²) in [6.45, 7) is 3.78. The van der Waals surface area contributed by atoms with Crippen molar-refractivity contribution in [1.82, 2.24) is 0 Å². The van der Waals surface area contributed by atoms with Crippen molar-refractivity contribution in [2.24, 2.45) is 0 Å². The number of ether oxygens (including phenoxy) is 1. The zero-order valence-electron chi connectivity index (χ0n) is 10.2. The average Bonchev–Trinajstić information content (AvgIpc) is 2.34. The van der Waals surface area contributed by atoms with Crippen molar-refractivity contribution in [3.05, 3.63) is 63.7 Å². The van der Waals surface area contributed by atoms with Crippen LogP contribution in [-0.4, -0.2) is 4.92 Å². The molecule has 0 spiro atoms. The molecule has 0 atom stereocenters. The molecule has 0 fully saturated rings. The number of nitrogens with zero attached hydrogens (tertiary/aromatic N) is 1. The predicted octanol–water partition coefficient (Wildman–Crippen LogP) is 4.00. The summed E-state index contributed by atoms with van der Waals surface area (Å²) in [5.74, 6) is 0.849. The minimum Gasteiger partial charge on any atom is -0.450 e. The first-order valence-electron chi connectivity index (χ1n) is 5.56. The molecule has 4 nitrogen and oxygen atoms in total. The van der Waals surface area contributed by atoms with Crippen molar-refractivity contribution in [3.63, 3.8) is 0 Å². The van der Waals surface area contributed by atoms with Gasteiger partial charge in [0.2, 0.25) is 5.75 Å². The van der Waals surface area contributed by atoms with Gasteiger partial charge >= 0.3 is 5.69 Å². The van der Waals surface area contributed by atoms with Gasteiger partial charge in [0.15, 0.2) is 0 Å². The second-order valence-electron chi connectivity index (χ2n) is 4.14. The standard InChI is InChI=1S/C14H13NO3/c1-10-3-6-12(7-4-10)18-14-8-5-11(2)9-13(14)15(16)17/h3-9H,1-2H3. The SMILES string of the molecule is Cc1ccc(Oc2ccc(C)cc2[N+](=O)[O-])cc1. The molecule has 0 aromatic heterocycles. The minimum absolute atomic E-state index is 0.0180. The molecule has 0 aliphatic heterocycles. The second kappa shape index (κ2) is 4.87. The first-order chi connectivity index (χ1) is 8.56. The third-order valence-electron chi connectivity index (χ3n) is 2.56. The van der Waals surface area contributed by atoms with Crippen LogP contribution in [-0.2, 0) is 0 Å². The zero-order valence-corrected chi connectivity index (χ0v) is 10.2. The molecular weight excluding hydrogens is 230 g/mol. The maximum Gasteiger partial charge on any atom is 0.311 e. The fourth-order valence-corrected chi connectivity index (χ4v) is 1.59. The smallest absolute Gasteiger partial charge is 0.311 e. The summed E-state index contributed by atoms with van der Waals surface area (Å²) >= 11 is 0. The van der Waals surface area contributed by atoms with Gasteiger partial charge < -0.3 is 4.74 Å². The molecule has 2 aromatic carbocycles. The average molecular weight is 243 g/mol. The zero-order chi connectivity index (χ0) is 13.1. The molecule has 92 valence electrons. The van der Waals surface area contributed by atoms with Crippen LogP contribution in [0.25, 0.3) is 0 Å². The molecule has 2 rings (SSSR count). The van der Waals surface area contributed by atoms with Gasteiger partial charge in [-0.15, -0.1) is 0 Å². The highest BCUT2D eigenvalue weighted by molar-refractivity contribution is 5.50. The van der Waals surface area contributed by atoms with Crippen LogP contribution in [0.1, 0.15) is 11.1 Å². The molecule has 4 heteroatoms. The number of benzene rings is 2. The lowest BCUT2D eigenvalue weighted by Crippen LogP contribution is -1.94. The number of hydrogen-bond donors (Lipinski definition) is 0. The van der Waals surface area contributed by atoms with E-state index in [0.29, 0.717) is 5.75 Å². The topological polar surface area (TPSA) is 52.4 Å². The van der Waals surface area contributed by atoms with Gasteiger partial charge in [-0.2, -0.15) is 0 Å². The molecule has 0 saturated heterocycles. The highest BCUT2D eigenvalue weighted by Gasteiger charge is 2.15. The van der Waals surface area contributed by atoms with Crippen LogP contribution < -0.4 is 4.74 Å². The summed E-state index contributed by atoms with van der Waals surface area (Å²) in [6.07, 6.45) is 0. The van der Waals surface area contributed by atoms with Crippen LogP contribution in [0, 0.1) is 24.0 Å². The lowest BCUT2D eigenvalue weighted by atomic mass is 10.2. The molecule has 18 heavy (non-hydrogen) atoms. The Labute approximate surface area is 105 Å². The molecule has 0 bridgehead atoms. The molecule has 0 aliphatic carbocycles. The highest BCUT2D eigenvalue weighted by atomic mass is 16.6. The summed E-state index contributed by atoms with van der Waals surface area (Å²) < 4.78 is 5.54. The molecule has 0 radical (unpaired) electrons.